The van der Waals surface area contributed by atoms with Gasteiger partial charge in [0.15, 0.2) is 0 Å². The summed E-state index contributed by atoms with van der Waals surface area (Å²) in [5, 5.41) is 6.01. The number of amides is 2. The Kier molecular flexibility index (Phi) is 16.0. The van der Waals surface area contributed by atoms with Gasteiger partial charge < -0.3 is 20.3 Å². The zero-order chi connectivity index (χ0) is 23.9. The van der Waals surface area contributed by atoms with E-state index in [1.807, 2.05) is 27.7 Å². The van der Waals surface area contributed by atoms with Gasteiger partial charge in [-0.05, 0) is 39.7 Å². The van der Waals surface area contributed by atoms with Gasteiger partial charge in [-0.2, -0.15) is 0 Å². The van der Waals surface area contributed by atoms with Crippen LogP contribution in [-0.2, 0) is 19.1 Å². The van der Waals surface area contributed by atoms with E-state index in [4.69, 9.17) is 4.74 Å². The van der Waals surface area contributed by atoms with E-state index in [2.05, 4.69) is 24.5 Å². The van der Waals surface area contributed by atoms with Gasteiger partial charge in [0, 0.05) is 19.2 Å². The van der Waals surface area contributed by atoms with Crippen LogP contribution < -0.4 is 10.6 Å². The summed E-state index contributed by atoms with van der Waals surface area (Å²) in [6.45, 7) is 15.9. The highest BCUT2D eigenvalue weighted by Gasteiger charge is 2.36. The Bertz CT molecular complexity index is 546. The molecule has 1 atom stereocenters. The fourth-order valence-electron chi connectivity index (χ4n) is 2.76. The van der Waals surface area contributed by atoms with Crippen LogP contribution in [0, 0.1) is 5.92 Å². The number of ether oxygens (including phenoxy) is 1. The molecule has 2 amide bonds. The molecule has 7 nitrogen and oxygen atoms in total. The molecule has 0 aromatic carbocycles. The first kappa shape index (κ1) is 30.3. The van der Waals surface area contributed by atoms with Crippen LogP contribution in [0.1, 0.15) is 74.7 Å². The minimum Gasteiger partial charge on any atom is -0.463 e. The Balaban J connectivity index is 0. The molecule has 0 fully saturated rings. The minimum absolute atomic E-state index is 0.0673. The van der Waals surface area contributed by atoms with E-state index in [0.29, 0.717) is 25.0 Å². The third-order valence-electron chi connectivity index (χ3n) is 4.98. The van der Waals surface area contributed by atoms with Crippen molar-refractivity contribution in [1.29, 1.82) is 0 Å². The molecule has 0 aromatic rings. The van der Waals surface area contributed by atoms with Crippen molar-refractivity contribution in [2.45, 2.75) is 86.2 Å². The van der Waals surface area contributed by atoms with E-state index in [1.54, 1.807) is 34.0 Å². The van der Waals surface area contributed by atoms with Crippen LogP contribution in [0.15, 0.2) is 11.6 Å². The number of nitrogens with one attached hydrogen (secondary N) is 2. The first-order valence-electron chi connectivity index (χ1n) is 11.1. The van der Waals surface area contributed by atoms with Crippen molar-refractivity contribution in [3.63, 3.8) is 0 Å². The summed E-state index contributed by atoms with van der Waals surface area (Å²) in [6.07, 6.45) is 4.16. The molecule has 0 bridgehead atoms. The number of carbonyl (C=O) groups excluding carboxylic acids is 3. The number of hydrogen-bond donors (Lipinski definition) is 2. The lowest BCUT2D eigenvalue weighted by Gasteiger charge is -2.34. The van der Waals surface area contributed by atoms with Crippen LogP contribution in [-0.4, -0.2) is 61.5 Å². The zero-order valence-electron chi connectivity index (χ0n) is 20.8. The maximum absolute atomic E-state index is 12.9. The van der Waals surface area contributed by atoms with Gasteiger partial charge in [0.1, 0.15) is 6.04 Å². The maximum Gasteiger partial charge on any atom is 0.333 e. The van der Waals surface area contributed by atoms with Crippen LogP contribution in [0.5, 0.6) is 0 Å². The SMILES string of the molecule is CCC.CCOC(=O)/C(C)=C/CN(C)C(=O)C(NC(=O)C(CC)(CC)NC)C(C)C. The molecule has 7 heteroatoms. The molecule has 0 spiro atoms. The maximum atomic E-state index is 12.9. The largest absolute Gasteiger partial charge is 0.463 e. The zero-order valence-corrected chi connectivity index (χ0v) is 20.8. The van der Waals surface area contributed by atoms with Crippen molar-refractivity contribution in [3.8, 4) is 0 Å². The van der Waals surface area contributed by atoms with Gasteiger partial charge >= 0.3 is 5.97 Å². The van der Waals surface area contributed by atoms with Gasteiger partial charge in [-0.3, -0.25) is 9.59 Å². The van der Waals surface area contributed by atoms with Crippen LogP contribution in [0.25, 0.3) is 0 Å². The second-order valence-electron chi connectivity index (χ2n) is 7.77. The first-order chi connectivity index (χ1) is 14.0. The highest BCUT2D eigenvalue weighted by molar-refractivity contribution is 5.92. The summed E-state index contributed by atoms with van der Waals surface area (Å²) in [4.78, 5) is 38.8. The van der Waals surface area contributed by atoms with E-state index in [-0.39, 0.29) is 24.3 Å². The van der Waals surface area contributed by atoms with Gasteiger partial charge in [0.05, 0.1) is 12.1 Å². The second-order valence-corrected chi connectivity index (χ2v) is 7.77. The molecule has 0 aromatic heterocycles. The number of hydrogen-bond acceptors (Lipinski definition) is 5. The van der Waals surface area contributed by atoms with Crippen molar-refractivity contribution in [1.82, 2.24) is 15.5 Å². The van der Waals surface area contributed by atoms with Crippen molar-refractivity contribution in [3.05, 3.63) is 11.6 Å². The monoisotopic (exact) mass is 427 g/mol. The number of likely N-dealkylation sites (N-methyl/N-ethyl adjacent to an activating group) is 2. The fraction of sp³-hybridized carbons (Fsp3) is 0.783. The Morgan fingerprint density at radius 1 is 1.07 bits per heavy atom. The molecule has 1 unspecified atom stereocenters. The highest BCUT2D eigenvalue weighted by atomic mass is 16.5. The fourth-order valence-corrected chi connectivity index (χ4v) is 2.76. The van der Waals surface area contributed by atoms with Gasteiger partial charge in [0.2, 0.25) is 11.8 Å². The van der Waals surface area contributed by atoms with Gasteiger partial charge in [-0.25, -0.2) is 4.79 Å². The lowest BCUT2D eigenvalue weighted by molar-refractivity contribution is -0.139. The molecule has 30 heavy (non-hydrogen) atoms. The van der Waals surface area contributed by atoms with Crippen molar-refractivity contribution in [2.75, 3.05) is 27.2 Å². The Hall–Kier alpha value is -1.89. The standard InChI is InChI=1S/C20H37N3O4.C3H8/c1-9-20(10-2,21-7)19(26)22-16(14(4)5)17(24)23(8)13-12-15(6)18(25)27-11-3;1-3-2/h12,14,16,21H,9-11,13H2,1-8H3,(H,22,26);3H2,1-2H3/b15-12+;. The van der Waals surface area contributed by atoms with Crippen molar-refractivity contribution < 1.29 is 19.1 Å². The summed E-state index contributed by atoms with van der Waals surface area (Å²) in [7, 11) is 3.41. The summed E-state index contributed by atoms with van der Waals surface area (Å²) in [6, 6.07) is -0.635. The third kappa shape index (κ3) is 9.74. The minimum atomic E-state index is -0.688. The predicted molar refractivity (Wildman–Crippen MR) is 123 cm³/mol. The number of nitrogens with zero attached hydrogens (tertiary/aromatic N) is 1. The molecule has 2 N–H and O–H groups in total. The molecule has 176 valence electrons. The number of esters is 1. The Morgan fingerprint density at radius 3 is 1.93 bits per heavy atom. The van der Waals surface area contributed by atoms with E-state index in [0.717, 1.165) is 0 Å². The second kappa shape index (κ2) is 15.9. The average Bonchev–Trinajstić information content (AvgIpc) is 2.71. The third-order valence-corrected chi connectivity index (χ3v) is 4.98. The molecule has 0 heterocycles. The Labute approximate surface area is 184 Å². The molecule has 0 radical (unpaired) electrons. The summed E-state index contributed by atoms with van der Waals surface area (Å²) >= 11 is 0. The highest BCUT2D eigenvalue weighted by Crippen LogP contribution is 2.16. The smallest absolute Gasteiger partial charge is 0.333 e. The molecule has 0 aliphatic rings. The summed E-state index contributed by atoms with van der Waals surface area (Å²) in [5.41, 5.74) is -0.236. The van der Waals surface area contributed by atoms with Crippen molar-refractivity contribution in [2.24, 2.45) is 5.92 Å². The van der Waals surface area contributed by atoms with E-state index >= 15 is 0 Å². The van der Waals surface area contributed by atoms with Crippen LogP contribution >= 0.6 is 0 Å². The summed E-state index contributed by atoms with van der Waals surface area (Å²) < 4.78 is 4.93. The molecule has 0 aliphatic carbocycles. The van der Waals surface area contributed by atoms with Gasteiger partial charge in [0.25, 0.3) is 0 Å². The van der Waals surface area contributed by atoms with E-state index in [1.165, 1.54) is 11.3 Å². The molecular weight excluding hydrogens is 382 g/mol. The quantitative estimate of drug-likeness (QED) is 0.390. The van der Waals surface area contributed by atoms with Crippen LogP contribution in [0.2, 0.25) is 0 Å². The Morgan fingerprint density at radius 2 is 1.57 bits per heavy atom. The molecule has 0 saturated heterocycles. The van der Waals surface area contributed by atoms with E-state index in [9.17, 15) is 14.4 Å². The van der Waals surface area contributed by atoms with Crippen LogP contribution in [0.4, 0.5) is 0 Å². The van der Waals surface area contributed by atoms with E-state index < -0.39 is 17.6 Å². The number of carbonyl (C=O) groups is 3. The lowest BCUT2D eigenvalue weighted by Crippen LogP contribution is -2.60. The van der Waals surface area contributed by atoms with Gasteiger partial charge in [-0.1, -0.05) is 54.0 Å². The molecule has 0 aliphatic heterocycles. The number of rotatable bonds is 11. The average molecular weight is 428 g/mol. The predicted octanol–water partition coefficient (Wildman–Crippen LogP) is 3.29. The van der Waals surface area contributed by atoms with Gasteiger partial charge in [-0.15, -0.1) is 0 Å². The topological polar surface area (TPSA) is 87.7 Å². The molecule has 0 saturated carbocycles. The normalized spacial score (nSPS) is 12.6. The molecular formula is C23H45N3O4. The van der Waals surface area contributed by atoms with Crippen molar-refractivity contribution >= 4 is 17.8 Å². The lowest BCUT2D eigenvalue weighted by atomic mass is 9.90. The molecule has 0 rings (SSSR count). The van der Waals surface area contributed by atoms with Crippen LogP contribution in [0.3, 0.4) is 0 Å². The first-order valence-corrected chi connectivity index (χ1v) is 11.1. The summed E-state index contributed by atoms with van der Waals surface area (Å²) in [5.74, 6) is -0.823.